The number of hydrogen-bond donors (Lipinski definition) is 2. The van der Waals surface area contributed by atoms with Gasteiger partial charge in [0.2, 0.25) is 0 Å². The maximum Gasteiger partial charge on any atom is 0.317 e. The van der Waals surface area contributed by atoms with Gasteiger partial charge in [0.15, 0.2) is 0 Å². The maximum absolute atomic E-state index is 12.3. The zero-order valence-electron chi connectivity index (χ0n) is 14.0. The molecule has 0 aromatic carbocycles. The SMILES string of the molecule is CC1CCN(C(=O)NC(CC(=O)O)CC(C)(C)C)CC1C. The van der Waals surface area contributed by atoms with Gasteiger partial charge in [0.25, 0.3) is 0 Å². The average molecular weight is 298 g/mol. The number of aliphatic carboxylic acids is 1. The molecule has 3 unspecified atom stereocenters. The third-order valence-electron chi connectivity index (χ3n) is 4.23. The van der Waals surface area contributed by atoms with E-state index >= 15 is 0 Å². The van der Waals surface area contributed by atoms with Crippen molar-refractivity contribution >= 4 is 12.0 Å². The molecule has 1 heterocycles. The minimum absolute atomic E-state index is 0.0168. The highest BCUT2D eigenvalue weighted by molar-refractivity contribution is 5.76. The molecule has 0 spiro atoms. The van der Waals surface area contributed by atoms with Crippen LogP contribution in [0.15, 0.2) is 0 Å². The summed E-state index contributed by atoms with van der Waals surface area (Å²) < 4.78 is 0. The van der Waals surface area contributed by atoms with Crippen molar-refractivity contribution in [1.82, 2.24) is 10.2 Å². The van der Waals surface area contributed by atoms with Crippen LogP contribution in [0.1, 0.15) is 53.9 Å². The summed E-state index contributed by atoms with van der Waals surface area (Å²) in [6.45, 7) is 12.0. The van der Waals surface area contributed by atoms with E-state index in [1.807, 2.05) is 4.90 Å². The molecule has 5 heteroatoms. The second kappa shape index (κ2) is 7.14. The summed E-state index contributed by atoms with van der Waals surface area (Å²) in [6, 6.07) is -0.436. The Morgan fingerprint density at radius 2 is 1.90 bits per heavy atom. The predicted octanol–water partition coefficient (Wildman–Crippen LogP) is 2.95. The lowest BCUT2D eigenvalue weighted by Crippen LogP contribution is -2.50. The fourth-order valence-corrected chi connectivity index (χ4v) is 2.84. The van der Waals surface area contributed by atoms with E-state index in [0.717, 1.165) is 19.5 Å². The number of nitrogens with one attached hydrogen (secondary N) is 1. The van der Waals surface area contributed by atoms with E-state index in [-0.39, 0.29) is 23.9 Å². The van der Waals surface area contributed by atoms with Crippen molar-refractivity contribution in [2.45, 2.75) is 59.9 Å². The van der Waals surface area contributed by atoms with Crippen molar-refractivity contribution in [1.29, 1.82) is 0 Å². The second-order valence-corrected chi connectivity index (χ2v) is 7.70. The molecule has 5 nitrogen and oxygen atoms in total. The molecule has 0 aliphatic carbocycles. The minimum Gasteiger partial charge on any atom is -0.481 e. The van der Waals surface area contributed by atoms with Crippen molar-refractivity contribution in [2.75, 3.05) is 13.1 Å². The van der Waals surface area contributed by atoms with E-state index in [2.05, 4.69) is 39.9 Å². The predicted molar refractivity (Wildman–Crippen MR) is 83.2 cm³/mol. The highest BCUT2D eigenvalue weighted by atomic mass is 16.4. The van der Waals surface area contributed by atoms with E-state index in [9.17, 15) is 9.59 Å². The Hall–Kier alpha value is -1.26. The van der Waals surface area contributed by atoms with Gasteiger partial charge in [0.05, 0.1) is 6.42 Å². The summed E-state index contributed by atoms with van der Waals surface area (Å²) in [5.41, 5.74) is -0.0168. The number of carbonyl (C=O) groups excluding carboxylic acids is 1. The van der Waals surface area contributed by atoms with Crippen molar-refractivity contribution in [3.8, 4) is 0 Å². The van der Waals surface area contributed by atoms with Gasteiger partial charge >= 0.3 is 12.0 Å². The summed E-state index contributed by atoms with van der Waals surface area (Å²) in [5, 5.41) is 11.9. The van der Waals surface area contributed by atoms with Gasteiger partial charge in [-0.1, -0.05) is 34.6 Å². The molecular weight excluding hydrogens is 268 g/mol. The van der Waals surface area contributed by atoms with E-state index in [0.29, 0.717) is 18.3 Å². The molecule has 2 amide bonds. The Morgan fingerprint density at radius 3 is 2.38 bits per heavy atom. The van der Waals surface area contributed by atoms with Crippen LogP contribution in [0.3, 0.4) is 0 Å². The number of carboxylic acid groups (broad SMARTS) is 1. The fraction of sp³-hybridized carbons (Fsp3) is 0.875. The summed E-state index contributed by atoms with van der Waals surface area (Å²) in [5.74, 6) is 0.258. The molecular formula is C16H30N2O3. The molecule has 2 N–H and O–H groups in total. The largest absolute Gasteiger partial charge is 0.481 e. The van der Waals surface area contributed by atoms with Crippen LogP contribution in [0.2, 0.25) is 0 Å². The van der Waals surface area contributed by atoms with E-state index < -0.39 is 5.97 Å². The average Bonchev–Trinajstić information content (AvgIpc) is 2.29. The molecule has 1 saturated heterocycles. The summed E-state index contributed by atoms with van der Waals surface area (Å²) >= 11 is 0. The lowest BCUT2D eigenvalue weighted by molar-refractivity contribution is -0.137. The molecule has 1 aliphatic rings. The highest BCUT2D eigenvalue weighted by Crippen LogP contribution is 2.24. The zero-order valence-corrected chi connectivity index (χ0v) is 14.0. The number of urea groups is 1. The van der Waals surface area contributed by atoms with Gasteiger partial charge in [-0.15, -0.1) is 0 Å². The highest BCUT2D eigenvalue weighted by Gasteiger charge is 2.28. The Morgan fingerprint density at radius 1 is 1.29 bits per heavy atom. The van der Waals surface area contributed by atoms with Crippen LogP contribution in [-0.2, 0) is 4.79 Å². The minimum atomic E-state index is -0.870. The summed E-state index contributed by atoms with van der Waals surface area (Å²) in [4.78, 5) is 25.2. The van der Waals surface area contributed by atoms with Crippen LogP contribution < -0.4 is 5.32 Å². The maximum atomic E-state index is 12.3. The summed E-state index contributed by atoms with van der Waals surface area (Å²) in [7, 11) is 0. The number of carboxylic acids is 1. The monoisotopic (exact) mass is 298 g/mol. The quantitative estimate of drug-likeness (QED) is 0.838. The Bertz CT molecular complexity index is 376. The molecule has 0 radical (unpaired) electrons. The number of piperidine rings is 1. The molecule has 0 bridgehead atoms. The van der Waals surface area contributed by atoms with Gasteiger partial charge in [-0.05, 0) is 30.1 Å². The third-order valence-corrected chi connectivity index (χ3v) is 4.23. The first-order valence-corrected chi connectivity index (χ1v) is 7.85. The van der Waals surface area contributed by atoms with Crippen LogP contribution in [0.5, 0.6) is 0 Å². The lowest BCUT2D eigenvalue weighted by atomic mass is 9.87. The van der Waals surface area contributed by atoms with Gasteiger partial charge in [0, 0.05) is 19.1 Å². The summed E-state index contributed by atoms with van der Waals surface area (Å²) in [6.07, 6.45) is 1.64. The van der Waals surface area contributed by atoms with Gasteiger partial charge in [-0.25, -0.2) is 4.79 Å². The molecule has 21 heavy (non-hydrogen) atoms. The van der Waals surface area contributed by atoms with E-state index in [1.165, 1.54) is 0 Å². The number of carbonyl (C=O) groups is 2. The fourth-order valence-electron chi connectivity index (χ4n) is 2.84. The number of amides is 2. The third kappa shape index (κ3) is 6.36. The Kier molecular flexibility index (Phi) is 6.05. The van der Waals surface area contributed by atoms with Crippen molar-refractivity contribution in [3.63, 3.8) is 0 Å². The van der Waals surface area contributed by atoms with Crippen molar-refractivity contribution in [3.05, 3.63) is 0 Å². The molecule has 0 aromatic heterocycles. The molecule has 3 atom stereocenters. The molecule has 1 aliphatic heterocycles. The lowest BCUT2D eigenvalue weighted by Gasteiger charge is -2.36. The van der Waals surface area contributed by atoms with E-state index in [1.54, 1.807) is 0 Å². The van der Waals surface area contributed by atoms with Crippen molar-refractivity contribution < 1.29 is 14.7 Å². The van der Waals surface area contributed by atoms with E-state index in [4.69, 9.17) is 5.11 Å². The van der Waals surface area contributed by atoms with Crippen LogP contribution in [0, 0.1) is 17.3 Å². The Balaban J connectivity index is 2.61. The number of hydrogen-bond acceptors (Lipinski definition) is 2. The van der Waals surface area contributed by atoms with Crippen LogP contribution >= 0.6 is 0 Å². The number of rotatable bonds is 4. The molecule has 1 fully saturated rings. The van der Waals surface area contributed by atoms with Gasteiger partial charge in [-0.2, -0.15) is 0 Å². The first kappa shape index (κ1) is 17.8. The topological polar surface area (TPSA) is 69.6 Å². The van der Waals surface area contributed by atoms with Crippen LogP contribution in [0.25, 0.3) is 0 Å². The smallest absolute Gasteiger partial charge is 0.317 e. The standard InChI is InChI=1S/C16H30N2O3/c1-11-6-7-18(10-12(11)2)15(21)17-13(8-14(19)20)9-16(3,4)5/h11-13H,6-10H2,1-5H3,(H,17,21)(H,19,20). The second-order valence-electron chi connectivity index (χ2n) is 7.70. The van der Waals surface area contributed by atoms with Gasteiger partial charge in [0.1, 0.15) is 0 Å². The molecule has 0 aromatic rings. The van der Waals surface area contributed by atoms with Crippen LogP contribution in [-0.4, -0.2) is 41.1 Å². The number of nitrogens with zero attached hydrogens (tertiary/aromatic N) is 1. The normalized spacial score (nSPS) is 24.5. The first-order chi connectivity index (χ1) is 9.58. The van der Waals surface area contributed by atoms with Crippen LogP contribution in [0.4, 0.5) is 4.79 Å². The Labute approximate surface area is 128 Å². The molecule has 0 saturated carbocycles. The molecule has 1 rings (SSSR count). The van der Waals surface area contributed by atoms with Crippen molar-refractivity contribution in [2.24, 2.45) is 17.3 Å². The number of likely N-dealkylation sites (tertiary alicyclic amines) is 1. The molecule has 122 valence electrons. The van der Waals surface area contributed by atoms with Gasteiger partial charge in [-0.3, -0.25) is 4.79 Å². The first-order valence-electron chi connectivity index (χ1n) is 7.85. The van der Waals surface area contributed by atoms with Gasteiger partial charge < -0.3 is 15.3 Å². The zero-order chi connectivity index (χ0) is 16.2.